The highest BCUT2D eigenvalue weighted by Gasteiger charge is 2.04. The highest BCUT2D eigenvalue weighted by molar-refractivity contribution is 7.14. The summed E-state index contributed by atoms with van der Waals surface area (Å²) >= 11 is 1.46. The zero-order chi connectivity index (χ0) is 16.1. The first-order chi connectivity index (χ1) is 11.3. The monoisotopic (exact) mass is 325 g/mol. The number of methoxy groups -OCH3 is 1. The summed E-state index contributed by atoms with van der Waals surface area (Å²) in [5.74, 6) is 1.01. The van der Waals surface area contributed by atoms with Crippen molar-refractivity contribution in [1.82, 2.24) is 4.98 Å². The van der Waals surface area contributed by atoms with E-state index in [2.05, 4.69) is 15.5 Å². The second-order valence-electron chi connectivity index (χ2n) is 4.70. The molecule has 0 fully saturated rings. The van der Waals surface area contributed by atoms with Crippen LogP contribution in [-0.2, 0) is 0 Å². The average molecular weight is 325 g/mol. The first-order valence-corrected chi connectivity index (χ1v) is 7.81. The third-order valence-corrected chi connectivity index (χ3v) is 3.94. The number of anilines is 1. The maximum absolute atomic E-state index is 9.66. The van der Waals surface area contributed by atoms with Gasteiger partial charge in [0.1, 0.15) is 11.5 Å². The summed E-state index contributed by atoms with van der Waals surface area (Å²) in [5, 5.41) is 16.4. The fourth-order valence-corrected chi connectivity index (χ4v) is 2.64. The molecular weight excluding hydrogens is 310 g/mol. The summed E-state index contributed by atoms with van der Waals surface area (Å²) in [6.07, 6.45) is 1.56. The molecule has 2 aromatic carbocycles. The lowest BCUT2D eigenvalue weighted by atomic mass is 10.2. The molecule has 0 saturated carbocycles. The number of thiazole rings is 1. The van der Waals surface area contributed by atoms with Gasteiger partial charge in [0, 0.05) is 16.5 Å². The summed E-state index contributed by atoms with van der Waals surface area (Å²) in [5.41, 5.74) is 5.41. The molecule has 3 rings (SSSR count). The number of para-hydroxylation sites is 1. The van der Waals surface area contributed by atoms with E-state index in [-0.39, 0.29) is 5.75 Å². The molecule has 6 heteroatoms. The number of aromatic nitrogens is 1. The third-order valence-electron chi connectivity index (χ3n) is 3.19. The first kappa shape index (κ1) is 15.1. The van der Waals surface area contributed by atoms with E-state index in [1.807, 2.05) is 35.7 Å². The van der Waals surface area contributed by atoms with E-state index in [1.165, 1.54) is 11.3 Å². The van der Waals surface area contributed by atoms with Crippen LogP contribution in [0.3, 0.4) is 0 Å². The van der Waals surface area contributed by atoms with Gasteiger partial charge in [-0.25, -0.2) is 4.98 Å². The number of hydrogen-bond donors (Lipinski definition) is 2. The summed E-state index contributed by atoms with van der Waals surface area (Å²) in [6.45, 7) is 0. The van der Waals surface area contributed by atoms with Crippen molar-refractivity contribution >= 4 is 22.7 Å². The maximum atomic E-state index is 9.66. The summed E-state index contributed by atoms with van der Waals surface area (Å²) < 4.78 is 5.15. The van der Waals surface area contributed by atoms with Gasteiger partial charge in [-0.2, -0.15) is 5.10 Å². The lowest BCUT2D eigenvalue weighted by molar-refractivity contribution is 0.415. The molecule has 0 spiro atoms. The Bertz CT molecular complexity index is 813. The van der Waals surface area contributed by atoms with Gasteiger partial charge in [-0.3, -0.25) is 5.43 Å². The summed E-state index contributed by atoms with van der Waals surface area (Å²) in [4.78, 5) is 4.48. The molecule has 2 N–H and O–H groups in total. The second kappa shape index (κ2) is 6.93. The van der Waals surface area contributed by atoms with Gasteiger partial charge in [0.05, 0.1) is 19.0 Å². The van der Waals surface area contributed by atoms with Gasteiger partial charge in [0.2, 0.25) is 5.13 Å². The van der Waals surface area contributed by atoms with E-state index in [1.54, 1.807) is 31.5 Å². The Kier molecular flexibility index (Phi) is 4.54. The number of benzene rings is 2. The zero-order valence-electron chi connectivity index (χ0n) is 12.4. The second-order valence-corrected chi connectivity index (χ2v) is 5.55. The minimum Gasteiger partial charge on any atom is -0.507 e. The smallest absolute Gasteiger partial charge is 0.203 e. The number of hydrazone groups is 1. The van der Waals surface area contributed by atoms with Crippen LogP contribution in [0.2, 0.25) is 0 Å². The topological polar surface area (TPSA) is 66.7 Å². The molecule has 3 aromatic rings. The molecule has 1 aromatic heterocycles. The Hall–Kier alpha value is -2.86. The molecule has 0 amide bonds. The number of rotatable bonds is 5. The molecule has 0 saturated heterocycles. The van der Waals surface area contributed by atoms with E-state index >= 15 is 0 Å². The normalized spacial score (nSPS) is 10.8. The Morgan fingerprint density at radius 2 is 1.96 bits per heavy atom. The largest absolute Gasteiger partial charge is 0.507 e. The zero-order valence-corrected chi connectivity index (χ0v) is 13.2. The van der Waals surface area contributed by atoms with Crippen molar-refractivity contribution in [3.63, 3.8) is 0 Å². The van der Waals surface area contributed by atoms with Crippen molar-refractivity contribution in [1.29, 1.82) is 0 Å². The molecule has 116 valence electrons. The number of nitrogens with zero attached hydrogens (tertiary/aromatic N) is 2. The lowest BCUT2D eigenvalue weighted by Gasteiger charge is -2.00. The molecule has 0 radical (unpaired) electrons. The van der Waals surface area contributed by atoms with Gasteiger partial charge in [0.15, 0.2) is 0 Å². The SMILES string of the molecule is COc1ccc(-c2csc(N/N=C/c3ccccc3O)n2)cc1. The number of phenolic OH excluding ortho intramolecular Hbond substituents is 1. The molecule has 1 heterocycles. The van der Waals surface area contributed by atoms with Gasteiger partial charge < -0.3 is 9.84 Å². The van der Waals surface area contributed by atoms with E-state index in [0.717, 1.165) is 17.0 Å². The molecular formula is C17H15N3O2S. The Morgan fingerprint density at radius 1 is 1.17 bits per heavy atom. The average Bonchev–Trinajstić information content (AvgIpc) is 3.06. The minimum atomic E-state index is 0.191. The maximum Gasteiger partial charge on any atom is 0.203 e. The van der Waals surface area contributed by atoms with Crippen molar-refractivity contribution in [2.75, 3.05) is 12.5 Å². The number of ether oxygens (including phenoxy) is 1. The number of hydrogen-bond acceptors (Lipinski definition) is 6. The van der Waals surface area contributed by atoms with Crippen LogP contribution in [0.4, 0.5) is 5.13 Å². The fourth-order valence-electron chi connectivity index (χ4n) is 1.97. The molecule has 5 nitrogen and oxygen atoms in total. The standard InChI is InChI=1S/C17H15N3O2S/c1-22-14-8-6-12(7-9-14)15-11-23-17(19-15)20-18-10-13-4-2-3-5-16(13)21/h2-11,21H,1H3,(H,19,20)/b18-10+. The van der Waals surface area contributed by atoms with E-state index < -0.39 is 0 Å². The molecule has 0 aliphatic carbocycles. The quantitative estimate of drug-likeness (QED) is 0.550. The molecule has 0 aliphatic rings. The van der Waals surface area contributed by atoms with Crippen molar-refractivity contribution in [3.8, 4) is 22.8 Å². The van der Waals surface area contributed by atoms with Crippen molar-refractivity contribution < 1.29 is 9.84 Å². The Morgan fingerprint density at radius 3 is 2.70 bits per heavy atom. The van der Waals surface area contributed by atoms with Crippen LogP contribution >= 0.6 is 11.3 Å². The molecule has 0 bridgehead atoms. The fraction of sp³-hybridized carbons (Fsp3) is 0.0588. The molecule has 0 aliphatic heterocycles. The van der Waals surface area contributed by atoms with Gasteiger partial charge >= 0.3 is 0 Å². The highest BCUT2D eigenvalue weighted by Crippen LogP contribution is 2.26. The third kappa shape index (κ3) is 3.67. The van der Waals surface area contributed by atoms with Gasteiger partial charge in [-0.1, -0.05) is 12.1 Å². The number of aromatic hydroxyl groups is 1. The van der Waals surface area contributed by atoms with E-state index in [0.29, 0.717) is 10.7 Å². The predicted octanol–water partition coefficient (Wildman–Crippen LogP) is 3.97. The van der Waals surface area contributed by atoms with E-state index in [4.69, 9.17) is 4.74 Å². The van der Waals surface area contributed by atoms with Crippen LogP contribution in [0.1, 0.15) is 5.56 Å². The Balaban J connectivity index is 1.68. The predicted molar refractivity (Wildman–Crippen MR) is 93.4 cm³/mol. The molecule has 23 heavy (non-hydrogen) atoms. The van der Waals surface area contributed by atoms with Crippen LogP contribution < -0.4 is 10.2 Å². The van der Waals surface area contributed by atoms with Crippen LogP contribution in [0.15, 0.2) is 59.0 Å². The van der Waals surface area contributed by atoms with Crippen molar-refractivity contribution in [2.45, 2.75) is 0 Å². The Labute approximate surface area is 137 Å². The van der Waals surface area contributed by atoms with Crippen molar-refractivity contribution in [3.05, 3.63) is 59.5 Å². The van der Waals surface area contributed by atoms with Crippen LogP contribution in [0, 0.1) is 0 Å². The van der Waals surface area contributed by atoms with Gasteiger partial charge in [0.25, 0.3) is 0 Å². The number of phenols is 1. The summed E-state index contributed by atoms with van der Waals surface area (Å²) in [7, 11) is 1.64. The van der Waals surface area contributed by atoms with Gasteiger partial charge in [-0.15, -0.1) is 11.3 Å². The van der Waals surface area contributed by atoms with Crippen LogP contribution in [0.5, 0.6) is 11.5 Å². The molecule has 0 atom stereocenters. The van der Waals surface area contributed by atoms with Gasteiger partial charge in [-0.05, 0) is 36.4 Å². The molecule has 0 unspecified atom stereocenters. The first-order valence-electron chi connectivity index (χ1n) is 6.93. The van der Waals surface area contributed by atoms with Crippen molar-refractivity contribution in [2.24, 2.45) is 5.10 Å². The van der Waals surface area contributed by atoms with Crippen LogP contribution in [-0.4, -0.2) is 23.4 Å². The number of nitrogens with one attached hydrogen (secondary N) is 1. The lowest BCUT2D eigenvalue weighted by Crippen LogP contribution is -1.90. The summed E-state index contributed by atoms with van der Waals surface area (Å²) in [6, 6.07) is 14.7. The van der Waals surface area contributed by atoms with E-state index in [9.17, 15) is 5.11 Å². The minimum absolute atomic E-state index is 0.191. The van der Waals surface area contributed by atoms with Crippen LogP contribution in [0.25, 0.3) is 11.3 Å². The highest BCUT2D eigenvalue weighted by atomic mass is 32.1.